The van der Waals surface area contributed by atoms with Crippen LogP contribution in [0.4, 0.5) is 15.8 Å². The van der Waals surface area contributed by atoms with Crippen molar-refractivity contribution in [2.75, 3.05) is 11.9 Å². The van der Waals surface area contributed by atoms with Gasteiger partial charge in [-0.05, 0) is 30.2 Å². The number of nitro benzene ring substituents is 1. The first-order valence-corrected chi connectivity index (χ1v) is 6.36. The van der Waals surface area contributed by atoms with Crippen LogP contribution in [0.25, 0.3) is 0 Å². The van der Waals surface area contributed by atoms with Crippen molar-refractivity contribution in [3.8, 4) is 0 Å². The molecule has 0 fully saturated rings. The van der Waals surface area contributed by atoms with Gasteiger partial charge in [0, 0.05) is 23.7 Å². The molecule has 20 heavy (non-hydrogen) atoms. The highest BCUT2D eigenvalue weighted by molar-refractivity contribution is 6.30. The second-order valence-corrected chi connectivity index (χ2v) is 4.66. The standard InChI is InChI=1S/C14H12ClFN2O2/c15-11-3-6-13(16)14(9-11)17-8-7-10-1-4-12(5-2-10)18(19)20/h1-6,9,17H,7-8H2. The number of non-ortho nitro benzene ring substituents is 1. The molecular formula is C14H12ClFN2O2. The van der Waals surface area contributed by atoms with E-state index in [9.17, 15) is 14.5 Å². The van der Waals surface area contributed by atoms with Crippen molar-refractivity contribution in [1.29, 1.82) is 0 Å². The first kappa shape index (κ1) is 14.3. The average Bonchev–Trinajstić information content (AvgIpc) is 2.43. The molecular weight excluding hydrogens is 283 g/mol. The number of anilines is 1. The van der Waals surface area contributed by atoms with E-state index in [1.54, 1.807) is 12.1 Å². The fourth-order valence-electron chi connectivity index (χ4n) is 1.76. The molecule has 0 aliphatic carbocycles. The SMILES string of the molecule is O=[N+]([O-])c1ccc(CCNc2cc(Cl)ccc2F)cc1. The van der Waals surface area contributed by atoms with Gasteiger partial charge in [0.2, 0.25) is 0 Å². The summed E-state index contributed by atoms with van der Waals surface area (Å²) >= 11 is 5.79. The summed E-state index contributed by atoms with van der Waals surface area (Å²) in [5, 5.41) is 13.9. The summed E-state index contributed by atoms with van der Waals surface area (Å²) in [4.78, 5) is 10.1. The molecule has 0 unspecified atom stereocenters. The van der Waals surface area contributed by atoms with Gasteiger partial charge in [0.05, 0.1) is 10.6 Å². The summed E-state index contributed by atoms with van der Waals surface area (Å²) in [6, 6.07) is 10.6. The lowest BCUT2D eigenvalue weighted by Crippen LogP contribution is -2.06. The molecule has 0 aromatic heterocycles. The summed E-state index contributed by atoms with van der Waals surface area (Å²) in [6.45, 7) is 0.509. The number of nitrogens with one attached hydrogen (secondary N) is 1. The third-order valence-electron chi connectivity index (χ3n) is 2.80. The molecule has 0 amide bonds. The zero-order valence-electron chi connectivity index (χ0n) is 10.5. The predicted octanol–water partition coefficient (Wildman–Crippen LogP) is 4.04. The number of nitro groups is 1. The van der Waals surface area contributed by atoms with Crippen LogP contribution in [0.2, 0.25) is 5.02 Å². The lowest BCUT2D eigenvalue weighted by molar-refractivity contribution is -0.384. The fraction of sp³-hybridized carbons (Fsp3) is 0.143. The molecule has 1 N–H and O–H groups in total. The summed E-state index contributed by atoms with van der Waals surface area (Å²) in [7, 11) is 0. The van der Waals surface area contributed by atoms with Crippen LogP contribution in [0.5, 0.6) is 0 Å². The second-order valence-electron chi connectivity index (χ2n) is 4.22. The maximum Gasteiger partial charge on any atom is 0.269 e. The van der Waals surface area contributed by atoms with Crippen LogP contribution in [-0.4, -0.2) is 11.5 Å². The molecule has 0 heterocycles. The molecule has 0 atom stereocenters. The molecule has 2 aromatic carbocycles. The minimum Gasteiger partial charge on any atom is -0.382 e. The monoisotopic (exact) mass is 294 g/mol. The number of nitrogens with zero attached hydrogens (tertiary/aromatic N) is 1. The van der Waals surface area contributed by atoms with Crippen LogP contribution >= 0.6 is 11.6 Å². The number of hydrogen-bond donors (Lipinski definition) is 1. The Morgan fingerprint density at radius 2 is 1.90 bits per heavy atom. The van der Waals surface area contributed by atoms with Crippen molar-refractivity contribution >= 4 is 23.0 Å². The van der Waals surface area contributed by atoms with Gasteiger partial charge in [0.1, 0.15) is 5.82 Å². The van der Waals surface area contributed by atoms with Gasteiger partial charge in [-0.1, -0.05) is 23.7 Å². The van der Waals surface area contributed by atoms with Gasteiger partial charge in [-0.15, -0.1) is 0 Å². The Morgan fingerprint density at radius 3 is 2.55 bits per heavy atom. The van der Waals surface area contributed by atoms with Crippen molar-refractivity contribution in [1.82, 2.24) is 0 Å². The zero-order chi connectivity index (χ0) is 14.5. The average molecular weight is 295 g/mol. The van der Waals surface area contributed by atoms with E-state index in [-0.39, 0.29) is 11.5 Å². The molecule has 0 radical (unpaired) electrons. The normalized spacial score (nSPS) is 10.3. The van der Waals surface area contributed by atoms with Crippen molar-refractivity contribution in [3.63, 3.8) is 0 Å². The zero-order valence-corrected chi connectivity index (χ0v) is 11.2. The predicted molar refractivity (Wildman–Crippen MR) is 76.7 cm³/mol. The van der Waals surface area contributed by atoms with E-state index < -0.39 is 4.92 Å². The smallest absolute Gasteiger partial charge is 0.269 e. The third-order valence-corrected chi connectivity index (χ3v) is 3.04. The van der Waals surface area contributed by atoms with E-state index in [0.717, 1.165) is 5.56 Å². The van der Waals surface area contributed by atoms with E-state index in [1.165, 1.54) is 30.3 Å². The van der Waals surface area contributed by atoms with Crippen LogP contribution in [0.3, 0.4) is 0 Å². The Bertz CT molecular complexity index is 617. The van der Waals surface area contributed by atoms with Gasteiger partial charge < -0.3 is 5.32 Å². The highest BCUT2D eigenvalue weighted by Crippen LogP contribution is 2.19. The molecule has 0 aliphatic rings. The molecule has 2 rings (SSSR count). The molecule has 104 valence electrons. The first-order chi connectivity index (χ1) is 9.56. The van der Waals surface area contributed by atoms with E-state index in [0.29, 0.717) is 23.7 Å². The summed E-state index contributed by atoms with van der Waals surface area (Å²) in [5.41, 5.74) is 1.34. The van der Waals surface area contributed by atoms with Crippen LogP contribution < -0.4 is 5.32 Å². The van der Waals surface area contributed by atoms with Gasteiger partial charge >= 0.3 is 0 Å². The van der Waals surface area contributed by atoms with Crippen LogP contribution in [0, 0.1) is 15.9 Å². The Balaban J connectivity index is 1.92. The van der Waals surface area contributed by atoms with E-state index in [2.05, 4.69) is 5.32 Å². The molecule has 0 bridgehead atoms. The van der Waals surface area contributed by atoms with Crippen LogP contribution in [-0.2, 0) is 6.42 Å². The highest BCUT2D eigenvalue weighted by Gasteiger charge is 2.05. The van der Waals surface area contributed by atoms with Crippen molar-refractivity contribution < 1.29 is 9.31 Å². The number of halogens is 2. The minimum absolute atomic E-state index is 0.0580. The largest absolute Gasteiger partial charge is 0.382 e. The quantitative estimate of drug-likeness (QED) is 0.669. The number of rotatable bonds is 5. The Labute approximate surface area is 120 Å². The van der Waals surface area contributed by atoms with Gasteiger partial charge in [0.15, 0.2) is 0 Å². The lowest BCUT2D eigenvalue weighted by atomic mass is 10.1. The van der Waals surface area contributed by atoms with Crippen molar-refractivity contribution in [2.45, 2.75) is 6.42 Å². The second kappa shape index (κ2) is 6.34. The topological polar surface area (TPSA) is 55.2 Å². The van der Waals surface area contributed by atoms with Crippen molar-refractivity contribution in [3.05, 3.63) is 69.0 Å². The van der Waals surface area contributed by atoms with Crippen molar-refractivity contribution in [2.24, 2.45) is 0 Å². The molecule has 0 saturated carbocycles. The molecule has 4 nitrogen and oxygen atoms in total. The summed E-state index contributed by atoms with van der Waals surface area (Å²) in [6.07, 6.45) is 0.629. The lowest BCUT2D eigenvalue weighted by Gasteiger charge is -2.08. The van der Waals surface area contributed by atoms with E-state index in [1.807, 2.05) is 0 Å². The third kappa shape index (κ3) is 3.68. The molecule has 0 spiro atoms. The van der Waals surface area contributed by atoms with Crippen LogP contribution in [0.15, 0.2) is 42.5 Å². The van der Waals surface area contributed by atoms with Crippen LogP contribution in [0.1, 0.15) is 5.56 Å². The van der Waals surface area contributed by atoms with E-state index >= 15 is 0 Å². The minimum atomic E-state index is -0.441. The number of hydrogen-bond acceptors (Lipinski definition) is 3. The molecule has 2 aromatic rings. The van der Waals surface area contributed by atoms with E-state index in [4.69, 9.17) is 11.6 Å². The molecule has 6 heteroatoms. The van der Waals surface area contributed by atoms with Gasteiger partial charge in [-0.25, -0.2) is 4.39 Å². The molecule has 0 aliphatic heterocycles. The summed E-state index contributed by atoms with van der Waals surface area (Å²) in [5.74, 6) is -0.363. The Morgan fingerprint density at radius 1 is 1.20 bits per heavy atom. The summed E-state index contributed by atoms with van der Waals surface area (Å²) < 4.78 is 13.4. The van der Waals surface area contributed by atoms with Gasteiger partial charge in [-0.3, -0.25) is 10.1 Å². The number of benzene rings is 2. The highest BCUT2D eigenvalue weighted by atomic mass is 35.5. The fourth-order valence-corrected chi connectivity index (χ4v) is 1.93. The van der Waals surface area contributed by atoms with Gasteiger partial charge in [-0.2, -0.15) is 0 Å². The maximum absolute atomic E-state index is 13.4. The first-order valence-electron chi connectivity index (χ1n) is 5.98. The van der Waals surface area contributed by atoms with Gasteiger partial charge in [0.25, 0.3) is 5.69 Å². The Kier molecular flexibility index (Phi) is 4.53. The Hall–Kier alpha value is -2.14. The molecule has 0 saturated heterocycles. The maximum atomic E-state index is 13.4.